The van der Waals surface area contributed by atoms with Crippen LogP contribution in [0.4, 0.5) is 0 Å². The average Bonchev–Trinajstić information content (AvgIpc) is 2.48. The number of hydrogen-bond donors (Lipinski definition) is 2. The van der Waals surface area contributed by atoms with Gasteiger partial charge in [0.25, 0.3) is 0 Å². The fourth-order valence-corrected chi connectivity index (χ4v) is 3.93. The van der Waals surface area contributed by atoms with Crippen molar-refractivity contribution in [3.63, 3.8) is 0 Å². The van der Waals surface area contributed by atoms with Crippen molar-refractivity contribution in [2.45, 2.75) is 57.8 Å². The number of nitrogens with two attached hydrogens (primary N) is 2. The molecule has 2 fully saturated rings. The molecule has 1 saturated heterocycles. The molecule has 6 heteroatoms. The monoisotopic (exact) mass is 331 g/mol. The van der Waals surface area contributed by atoms with Gasteiger partial charge in [-0.3, -0.25) is 9.59 Å². The van der Waals surface area contributed by atoms with Crippen molar-refractivity contribution in [2.24, 2.45) is 22.8 Å². The van der Waals surface area contributed by atoms with Crippen molar-refractivity contribution in [3.8, 4) is 0 Å². The van der Waals surface area contributed by atoms with E-state index in [9.17, 15) is 9.59 Å². The number of primary amides is 1. The first-order valence-corrected chi connectivity index (χ1v) is 8.31. The summed E-state index contributed by atoms with van der Waals surface area (Å²) in [6.07, 6.45) is 8.73. The lowest BCUT2D eigenvalue weighted by molar-refractivity contribution is -0.136. The Bertz CT molecular complexity index is 384. The molecule has 4 N–H and O–H groups in total. The SMILES string of the molecule is Cl.NCC1(CC(=O)N2CCCC(CC(N)=O)C2)CCCCC1. The van der Waals surface area contributed by atoms with Crippen LogP contribution in [0.15, 0.2) is 0 Å². The average molecular weight is 332 g/mol. The summed E-state index contributed by atoms with van der Waals surface area (Å²) in [5.41, 5.74) is 11.3. The van der Waals surface area contributed by atoms with Crippen LogP contribution in [0.1, 0.15) is 57.8 Å². The van der Waals surface area contributed by atoms with E-state index in [1.54, 1.807) is 0 Å². The van der Waals surface area contributed by atoms with Crippen LogP contribution in [-0.2, 0) is 9.59 Å². The number of carbonyl (C=O) groups excluding carboxylic acids is 2. The van der Waals surface area contributed by atoms with Gasteiger partial charge in [0.2, 0.25) is 11.8 Å². The smallest absolute Gasteiger partial charge is 0.223 e. The van der Waals surface area contributed by atoms with Crippen LogP contribution in [0, 0.1) is 11.3 Å². The number of amides is 2. The van der Waals surface area contributed by atoms with Gasteiger partial charge in [-0.1, -0.05) is 19.3 Å². The summed E-state index contributed by atoms with van der Waals surface area (Å²) in [5.74, 6) is 0.192. The zero-order chi connectivity index (χ0) is 15.3. The van der Waals surface area contributed by atoms with E-state index in [0.717, 1.165) is 32.2 Å². The van der Waals surface area contributed by atoms with Gasteiger partial charge in [0.15, 0.2) is 0 Å². The summed E-state index contributed by atoms with van der Waals surface area (Å²) < 4.78 is 0. The lowest BCUT2D eigenvalue weighted by Gasteiger charge is -2.39. The third kappa shape index (κ3) is 5.13. The van der Waals surface area contributed by atoms with Gasteiger partial charge in [0, 0.05) is 25.9 Å². The lowest BCUT2D eigenvalue weighted by atomic mass is 9.71. The molecule has 0 aromatic carbocycles. The normalized spacial score (nSPS) is 24.4. The Morgan fingerprint density at radius 1 is 1.14 bits per heavy atom. The number of rotatable bonds is 5. The molecule has 0 radical (unpaired) electrons. The van der Waals surface area contributed by atoms with E-state index >= 15 is 0 Å². The highest BCUT2D eigenvalue weighted by molar-refractivity contribution is 5.85. The summed E-state index contributed by atoms with van der Waals surface area (Å²) in [6.45, 7) is 2.11. The molecule has 1 saturated carbocycles. The van der Waals surface area contributed by atoms with Gasteiger partial charge in [-0.25, -0.2) is 0 Å². The molecule has 0 aromatic rings. The van der Waals surface area contributed by atoms with E-state index in [1.165, 1.54) is 19.3 Å². The Labute approximate surface area is 139 Å². The second kappa shape index (κ2) is 8.73. The molecular formula is C16H30ClN3O2. The maximum atomic E-state index is 12.6. The van der Waals surface area contributed by atoms with E-state index < -0.39 is 0 Å². The fraction of sp³-hybridized carbons (Fsp3) is 0.875. The van der Waals surface area contributed by atoms with Crippen molar-refractivity contribution >= 4 is 24.2 Å². The van der Waals surface area contributed by atoms with Gasteiger partial charge < -0.3 is 16.4 Å². The first-order valence-electron chi connectivity index (χ1n) is 8.31. The Morgan fingerprint density at radius 2 is 1.82 bits per heavy atom. The highest BCUT2D eigenvalue weighted by atomic mass is 35.5. The quantitative estimate of drug-likeness (QED) is 0.805. The minimum Gasteiger partial charge on any atom is -0.370 e. The van der Waals surface area contributed by atoms with Crippen LogP contribution in [0.3, 0.4) is 0 Å². The van der Waals surface area contributed by atoms with Crippen LogP contribution < -0.4 is 11.5 Å². The molecule has 1 unspecified atom stereocenters. The van der Waals surface area contributed by atoms with E-state index in [0.29, 0.717) is 25.9 Å². The molecular weight excluding hydrogens is 302 g/mol. The van der Waals surface area contributed by atoms with Gasteiger partial charge in [-0.05, 0) is 43.6 Å². The Balaban J connectivity index is 0.00000242. The minimum atomic E-state index is -0.264. The van der Waals surface area contributed by atoms with Crippen LogP contribution in [0.25, 0.3) is 0 Å². The maximum Gasteiger partial charge on any atom is 0.223 e. The predicted molar refractivity (Wildman–Crippen MR) is 89.6 cm³/mol. The molecule has 2 aliphatic rings. The standard InChI is InChI=1S/C16H29N3O2.ClH/c17-12-16(6-2-1-3-7-16)10-15(21)19-8-4-5-13(11-19)9-14(18)20;/h13H,1-12,17H2,(H2,18,20);1H. The molecule has 0 bridgehead atoms. The number of likely N-dealkylation sites (tertiary alicyclic amines) is 1. The molecule has 1 atom stereocenters. The van der Waals surface area contributed by atoms with Crippen molar-refractivity contribution in [2.75, 3.05) is 19.6 Å². The Kier molecular flexibility index (Phi) is 7.63. The molecule has 0 spiro atoms. The second-order valence-electron chi connectivity index (χ2n) is 6.96. The molecule has 2 rings (SSSR count). The fourth-order valence-electron chi connectivity index (χ4n) is 3.93. The van der Waals surface area contributed by atoms with Gasteiger partial charge in [0.1, 0.15) is 0 Å². The molecule has 128 valence electrons. The summed E-state index contributed by atoms with van der Waals surface area (Å²) in [6, 6.07) is 0. The van der Waals surface area contributed by atoms with Crippen molar-refractivity contribution in [1.82, 2.24) is 4.90 Å². The van der Waals surface area contributed by atoms with Crippen molar-refractivity contribution < 1.29 is 9.59 Å². The first-order chi connectivity index (χ1) is 10.0. The van der Waals surface area contributed by atoms with Gasteiger partial charge >= 0.3 is 0 Å². The topological polar surface area (TPSA) is 89.4 Å². The van der Waals surface area contributed by atoms with E-state index in [2.05, 4.69) is 0 Å². The molecule has 5 nitrogen and oxygen atoms in total. The van der Waals surface area contributed by atoms with Crippen LogP contribution >= 0.6 is 12.4 Å². The second-order valence-corrected chi connectivity index (χ2v) is 6.96. The highest BCUT2D eigenvalue weighted by Crippen LogP contribution is 2.39. The summed E-state index contributed by atoms with van der Waals surface area (Å²) in [4.78, 5) is 25.6. The number of piperidine rings is 1. The first kappa shape index (κ1) is 19.2. The Morgan fingerprint density at radius 3 is 2.41 bits per heavy atom. The molecule has 2 amide bonds. The zero-order valence-corrected chi connectivity index (χ0v) is 14.2. The molecule has 1 aliphatic carbocycles. The van der Waals surface area contributed by atoms with Gasteiger partial charge in [-0.2, -0.15) is 0 Å². The van der Waals surface area contributed by atoms with Crippen LogP contribution in [-0.4, -0.2) is 36.3 Å². The minimum absolute atomic E-state index is 0. The zero-order valence-electron chi connectivity index (χ0n) is 13.4. The van der Waals surface area contributed by atoms with Gasteiger partial charge in [-0.15, -0.1) is 12.4 Å². The molecule has 1 heterocycles. The Hall–Kier alpha value is -0.810. The number of hydrogen-bond acceptors (Lipinski definition) is 3. The van der Waals surface area contributed by atoms with E-state index in [1.807, 2.05) is 4.90 Å². The molecule has 1 aliphatic heterocycles. The molecule has 0 aromatic heterocycles. The predicted octanol–water partition coefficient (Wildman–Crippen LogP) is 1.82. The lowest BCUT2D eigenvalue weighted by Crippen LogP contribution is -2.45. The van der Waals surface area contributed by atoms with E-state index in [-0.39, 0.29) is 35.6 Å². The number of halogens is 1. The summed E-state index contributed by atoms with van der Waals surface area (Å²) in [7, 11) is 0. The maximum absolute atomic E-state index is 12.6. The highest BCUT2D eigenvalue weighted by Gasteiger charge is 2.35. The van der Waals surface area contributed by atoms with Crippen LogP contribution in [0.5, 0.6) is 0 Å². The van der Waals surface area contributed by atoms with Crippen molar-refractivity contribution in [3.05, 3.63) is 0 Å². The third-order valence-corrected chi connectivity index (χ3v) is 5.24. The van der Waals surface area contributed by atoms with Gasteiger partial charge in [0.05, 0.1) is 0 Å². The number of nitrogens with zero attached hydrogens (tertiary/aromatic N) is 1. The summed E-state index contributed by atoms with van der Waals surface area (Å²) >= 11 is 0. The summed E-state index contributed by atoms with van der Waals surface area (Å²) in [5, 5.41) is 0. The van der Waals surface area contributed by atoms with Crippen LogP contribution in [0.2, 0.25) is 0 Å². The van der Waals surface area contributed by atoms with Crippen molar-refractivity contribution in [1.29, 1.82) is 0 Å². The third-order valence-electron chi connectivity index (χ3n) is 5.24. The molecule has 22 heavy (non-hydrogen) atoms. The number of carbonyl (C=O) groups is 2. The van der Waals surface area contributed by atoms with E-state index in [4.69, 9.17) is 11.5 Å². The largest absolute Gasteiger partial charge is 0.370 e.